The number of anilines is 1. The molecule has 0 amide bonds. The molecule has 0 fully saturated rings. The van der Waals surface area contributed by atoms with Gasteiger partial charge in [0.1, 0.15) is 11.4 Å². The summed E-state index contributed by atoms with van der Waals surface area (Å²) in [6, 6.07) is 0. The van der Waals surface area contributed by atoms with E-state index >= 15 is 0 Å². The molecule has 0 aliphatic rings. The van der Waals surface area contributed by atoms with Crippen LogP contribution < -0.4 is 17.0 Å². The van der Waals surface area contributed by atoms with E-state index in [9.17, 15) is 14.4 Å². The minimum atomic E-state index is -0.868. The third kappa shape index (κ3) is 2.33. The van der Waals surface area contributed by atoms with Crippen LogP contribution in [0.4, 0.5) is 5.82 Å². The van der Waals surface area contributed by atoms with Crippen LogP contribution in [0.3, 0.4) is 0 Å². The first kappa shape index (κ1) is 14.5. The second-order valence-corrected chi connectivity index (χ2v) is 4.69. The second kappa shape index (κ2) is 5.39. The van der Waals surface area contributed by atoms with E-state index < -0.39 is 22.4 Å². The number of carbonyl (C=O) groups is 1. The molecular formula is C11H16ClN3O3. The maximum atomic E-state index is 11.9. The number of rotatable bonds is 4. The molecule has 7 heteroatoms. The number of Topliss-reactive ketones (excluding diaryl/α,β-unsaturated/α-hetero) is 1. The van der Waals surface area contributed by atoms with Gasteiger partial charge in [-0.1, -0.05) is 6.92 Å². The predicted molar refractivity (Wildman–Crippen MR) is 70.3 cm³/mol. The third-order valence-corrected chi connectivity index (χ3v) is 2.84. The van der Waals surface area contributed by atoms with Gasteiger partial charge in [-0.25, -0.2) is 4.79 Å². The summed E-state index contributed by atoms with van der Waals surface area (Å²) in [5.74, 6) is -0.679. The Hall–Kier alpha value is -1.56. The molecule has 0 saturated carbocycles. The Kier molecular flexibility index (Phi) is 4.34. The third-order valence-electron chi connectivity index (χ3n) is 2.64. The number of aromatic nitrogens is 2. The van der Waals surface area contributed by atoms with Gasteiger partial charge >= 0.3 is 5.69 Å². The SMILES string of the molecule is CCCn1c(N)c(C(=O)[C@H](C)Cl)c(=O)n(C)c1=O. The Morgan fingerprint density at radius 1 is 1.44 bits per heavy atom. The Morgan fingerprint density at radius 3 is 2.44 bits per heavy atom. The molecule has 100 valence electrons. The maximum Gasteiger partial charge on any atom is 0.332 e. The first-order chi connectivity index (χ1) is 8.32. The summed E-state index contributed by atoms with van der Waals surface area (Å²) in [5, 5.41) is -0.868. The van der Waals surface area contributed by atoms with Crippen LogP contribution in [0.1, 0.15) is 30.6 Å². The van der Waals surface area contributed by atoms with E-state index in [0.29, 0.717) is 13.0 Å². The van der Waals surface area contributed by atoms with Gasteiger partial charge in [0.2, 0.25) is 0 Å². The van der Waals surface area contributed by atoms with E-state index in [0.717, 1.165) is 4.57 Å². The Balaban J connectivity index is 3.68. The van der Waals surface area contributed by atoms with Crippen molar-refractivity contribution in [3.63, 3.8) is 0 Å². The lowest BCUT2D eigenvalue weighted by Gasteiger charge is -2.14. The van der Waals surface area contributed by atoms with Gasteiger partial charge < -0.3 is 5.73 Å². The molecule has 0 aliphatic heterocycles. The summed E-state index contributed by atoms with van der Waals surface area (Å²) in [7, 11) is 1.31. The van der Waals surface area contributed by atoms with Gasteiger partial charge in [-0.15, -0.1) is 11.6 Å². The van der Waals surface area contributed by atoms with Crippen molar-refractivity contribution in [2.45, 2.75) is 32.2 Å². The molecule has 2 N–H and O–H groups in total. The zero-order valence-electron chi connectivity index (χ0n) is 10.6. The van der Waals surface area contributed by atoms with E-state index in [1.165, 1.54) is 18.5 Å². The van der Waals surface area contributed by atoms with E-state index in [-0.39, 0.29) is 11.4 Å². The van der Waals surface area contributed by atoms with Crippen LogP contribution in [0.15, 0.2) is 9.59 Å². The van der Waals surface area contributed by atoms with Crippen molar-refractivity contribution in [3.05, 3.63) is 26.4 Å². The van der Waals surface area contributed by atoms with Crippen LogP contribution in [-0.2, 0) is 13.6 Å². The van der Waals surface area contributed by atoms with Crippen molar-refractivity contribution in [1.29, 1.82) is 0 Å². The number of alkyl halides is 1. The van der Waals surface area contributed by atoms with Crippen LogP contribution in [-0.4, -0.2) is 20.3 Å². The van der Waals surface area contributed by atoms with Gasteiger partial charge in [-0.3, -0.25) is 18.7 Å². The lowest BCUT2D eigenvalue weighted by molar-refractivity contribution is 0.0989. The molecule has 1 aromatic heterocycles. The molecule has 0 radical (unpaired) electrons. The van der Waals surface area contributed by atoms with Crippen molar-refractivity contribution >= 4 is 23.2 Å². The van der Waals surface area contributed by atoms with Gasteiger partial charge in [0, 0.05) is 13.6 Å². The lowest BCUT2D eigenvalue weighted by atomic mass is 10.1. The van der Waals surface area contributed by atoms with Gasteiger partial charge in [0.05, 0.1) is 5.38 Å². The van der Waals surface area contributed by atoms with E-state index in [1.807, 2.05) is 6.92 Å². The Morgan fingerprint density at radius 2 is 2.00 bits per heavy atom. The lowest BCUT2D eigenvalue weighted by Crippen LogP contribution is -2.43. The maximum absolute atomic E-state index is 11.9. The number of halogens is 1. The van der Waals surface area contributed by atoms with Crippen molar-refractivity contribution in [1.82, 2.24) is 9.13 Å². The van der Waals surface area contributed by atoms with Crippen molar-refractivity contribution < 1.29 is 4.79 Å². The van der Waals surface area contributed by atoms with Crippen LogP contribution in [0, 0.1) is 0 Å². The summed E-state index contributed by atoms with van der Waals surface area (Å²) >= 11 is 5.69. The van der Waals surface area contributed by atoms with Crippen LogP contribution >= 0.6 is 11.6 Å². The molecule has 0 unspecified atom stereocenters. The normalized spacial score (nSPS) is 12.4. The summed E-state index contributed by atoms with van der Waals surface area (Å²) in [6.07, 6.45) is 0.659. The number of carbonyl (C=O) groups excluding carboxylic acids is 1. The largest absolute Gasteiger partial charge is 0.384 e. The molecule has 1 atom stereocenters. The van der Waals surface area contributed by atoms with Gasteiger partial charge in [0.15, 0.2) is 5.78 Å². The predicted octanol–water partition coefficient (Wildman–Crippen LogP) is 0.349. The van der Waals surface area contributed by atoms with Crippen molar-refractivity contribution in [3.8, 4) is 0 Å². The molecular weight excluding hydrogens is 258 g/mol. The molecule has 0 bridgehead atoms. The fourth-order valence-corrected chi connectivity index (χ4v) is 1.76. The molecule has 1 rings (SSSR count). The average molecular weight is 274 g/mol. The topological polar surface area (TPSA) is 87.1 Å². The fourth-order valence-electron chi connectivity index (χ4n) is 1.65. The molecule has 6 nitrogen and oxygen atoms in total. The summed E-state index contributed by atoms with van der Waals surface area (Å²) in [5.41, 5.74) is 4.30. The summed E-state index contributed by atoms with van der Waals surface area (Å²) < 4.78 is 2.09. The molecule has 0 aromatic carbocycles. The Bertz CT molecular complexity index is 586. The quantitative estimate of drug-likeness (QED) is 0.633. The Labute approximate surface area is 109 Å². The van der Waals surface area contributed by atoms with Gasteiger partial charge in [-0.05, 0) is 13.3 Å². The standard InChI is InChI=1S/C11H16ClN3O3/c1-4-5-15-9(13)7(8(16)6(2)12)10(17)14(3)11(15)18/h6H,4-5,13H2,1-3H3/t6-/m0/s1. The van der Waals surface area contributed by atoms with Gasteiger partial charge in [-0.2, -0.15) is 0 Å². The molecule has 18 heavy (non-hydrogen) atoms. The van der Waals surface area contributed by atoms with Crippen LogP contribution in [0.5, 0.6) is 0 Å². The minimum Gasteiger partial charge on any atom is -0.384 e. The minimum absolute atomic E-state index is 0.109. The second-order valence-electron chi connectivity index (χ2n) is 4.04. The molecule has 0 spiro atoms. The summed E-state index contributed by atoms with van der Waals surface area (Å²) in [6.45, 7) is 3.66. The number of hydrogen-bond acceptors (Lipinski definition) is 4. The number of hydrogen-bond donors (Lipinski definition) is 1. The number of nitrogens with zero attached hydrogens (tertiary/aromatic N) is 2. The van der Waals surface area contributed by atoms with Crippen molar-refractivity contribution in [2.75, 3.05) is 5.73 Å². The highest BCUT2D eigenvalue weighted by molar-refractivity contribution is 6.34. The molecule has 0 aliphatic carbocycles. The highest BCUT2D eigenvalue weighted by atomic mass is 35.5. The van der Waals surface area contributed by atoms with Gasteiger partial charge in [0.25, 0.3) is 5.56 Å². The molecule has 1 heterocycles. The van der Waals surface area contributed by atoms with Crippen LogP contribution in [0.2, 0.25) is 0 Å². The first-order valence-corrected chi connectivity index (χ1v) is 6.04. The van der Waals surface area contributed by atoms with Crippen molar-refractivity contribution in [2.24, 2.45) is 7.05 Å². The smallest absolute Gasteiger partial charge is 0.332 e. The fraction of sp³-hybridized carbons (Fsp3) is 0.545. The highest BCUT2D eigenvalue weighted by Crippen LogP contribution is 2.11. The van der Waals surface area contributed by atoms with Crippen LogP contribution in [0.25, 0.3) is 0 Å². The van der Waals surface area contributed by atoms with E-state index in [4.69, 9.17) is 17.3 Å². The zero-order chi connectivity index (χ0) is 14.0. The number of ketones is 1. The molecule has 0 saturated heterocycles. The van der Waals surface area contributed by atoms with E-state index in [2.05, 4.69) is 0 Å². The average Bonchev–Trinajstić information content (AvgIpc) is 2.32. The van der Waals surface area contributed by atoms with E-state index in [1.54, 1.807) is 0 Å². The number of nitrogen functional groups attached to an aromatic ring is 1. The zero-order valence-corrected chi connectivity index (χ0v) is 11.3. The molecule has 1 aromatic rings. The number of nitrogens with two attached hydrogens (primary N) is 1. The first-order valence-electron chi connectivity index (χ1n) is 5.60. The monoisotopic (exact) mass is 273 g/mol. The highest BCUT2D eigenvalue weighted by Gasteiger charge is 2.23. The summed E-state index contributed by atoms with van der Waals surface area (Å²) in [4.78, 5) is 35.6.